The Morgan fingerprint density at radius 1 is 1.53 bits per heavy atom. The highest BCUT2D eigenvalue weighted by atomic mass is 127. The lowest BCUT2D eigenvalue weighted by Crippen LogP contribution is -2.43. The smallest absolute Gasteiger partial charge is 0.252 e. The van der Waals surface area contributed by atoms with Gasteiger partial charge in [-0.05, 0) is 46.7 Å². The van der Waals surface area contributed by atoms with Crippen molar-refractivity contribution < 1.29 is 4.79 Å². The average Bonchev–Trinajstić information content (AvgIpc) is 2.28. The fourth-order valence-electron chi connectivity index (χ4n) is 1.42. The summed E-state index contributed by atoms with van der Waals surface area (Å²) in [7, 11) is 0. The number of amides is 1. The molecule has 0 fully saturated rings. The van der Waals surface area contributed by atoms with Crippen molar-refractivity contribution in [1.29, 1.82) is 0 Å². The highest BCUT2D eigenvalue weighted by molar-refractivity contribution is 14.1. The lowest BCUT2D eigenvalue weighted by Gasteiger charge is -2.20. The van der Waals surface area contributed by atoms with Gasteiger partial charge >= 0.3 is 0 Å². The predicted octanol–water partition coefficient (Wildman–Crippen LogP) is 2.66. The van der Waals surface area contributed by atoms with Crippen molar-refractivity contribution in [2.24, 2.45) is 11.7 Å². The third-order valence-corrected chi connectivity index (χ3v) is 3.72. The van der Waals surface area contributed by atoms with E-state index in [-0.39, 0.29) is 11.9 Å². The summed E-state index contributed by atoms with van der Waals surface area (Å²) in [5.74, 6) is 0.182. The zero-order chi connectivity index (χ0) is 13.0. The number of carbonyl (C=O) groups is 1. The Labute approximate surface area is 120 Å². The first kappa shape index (κ1) is 14.7. The lowest BCUT2D eigenvalue weighted by atomic mass is 10.0. The van der Waals surface area contributed by atoms with E-state index in [1.165, 1.54) is 0 Å². The van der Waals surface area contributed by atoms with Crippen LogP contribution in [0.1, 0.15) is 24.2 Å². The molecule has 1 atom stereocenters. The van der Waals surface area contributed by atoms with E-state index in [4.69, 9.17) is 17.3 Å². The molecule has 94 valence electrons. The quantitative estimate of drug-likeness (QED) is 0.805. The van der Waals surface area contributed by atoms with Crippen LogP contribution < -0.4 is 11.1 Å². The van der Waals surface area contributed by atoms with Crippen molar-refractivity contribution in [2.75, 3.05) is 6.54 Å². The summed E-state index contributed by atoms with van der Waals surface area (Å²) in [5, 5.41) is 3.48. The Bertz CT molecular complexity index is 409. The van der Waals surface area contributed by atoms with Gasteiger partial charge in [-0.15, -0.1) is 0 Å². The van der Waals surface area contributed by atoms with Crippen LogP contribution in [0.3, 0.4) is 0 Å². The molecule has 1 aromatic carbocycles. The molecule has 0 heterocycles. The molecule has 0 spiro atoms. The molecule has 3 nitrogen and oxygen atoms in total. The first-order valence-electron chi connectivity index (χ1n) is 5.41. The minimum atomic E-state index is -0.124. The normalized spacial score (nSPS) is 12.6. The van der Waals surface area contributed by atoms with Crippen molar-refractivity contribution >= 4 is 40.1 Å². The van der Waals surface area contributed by atoms with E-state index >= 15 is 0 Å². The third kappa shape index (κ3) is 4.12. The van der Waals surface area contributed by atoms with Gasteiger partial charge in [0.2, 0.25) is 0 Å². The number of hydrogen-bond acceptors (Lipinski definition) is 2. The Morgan fingerprint density at radius 2 is 2.18 bits per heavy atom. The molecule has 1 aromatic rings. The van der Waals surface area contributed by atoms with Gasteiger partial charge in [0.05, 0.1) is 5.56 Å². The average molecular weight is 367 g/mol. The molecule has 0 bridgehead atoms. The van der Waals surface area contributed by atoms with E-state index in [1.54, 1.807) is 12.1 Å². The minimum absolute atomic E-state index is 0.0164. The molecule has 5 heteroatoms. The molecular weight excluding hydrogens is 351 g/mol. The van der Waals surface area contributed by atoms with E-state index in [2.05, 4.69) is 27.9 Å². The maximum absolute atomic E-state index is 12.1. The number of rotatable bonds is 4. The second kappa shape index (κ2) is 6.56. The predicted molar refractivity (Wildman–Crippen MR) is 79.3 cm³/mol. The largest absolute Gasteiger partial charge is 0.348 e. The molecule has 1 amide bonds. The van der Waals surface area contributed by atoms with Gasteiger partial charge in [-0.3, -0.25) is 4.79 Å². The zero-order valence-corrected chi connectivity index (χ0v) is 12.7. The number of carbonyl (C=O) groups excluding carboxylic acids is 1. The van der Waals surface area contributed by atoms with E-state index in [1.807, 2.05) is 19.9 Å². The molecule has 0 aromatic heterocycles. The third-order valence-electron chi connectivity index (χ3n) is 2.55. The highest BCUT2D eigenvalue weighted by Gasteiger charge is 2.17. The van der Waals surface area contributed by atoms with E-state index in [9.17, 15) is 4.79 Å². The summed E-state index contributed by atoms with van der Waals surface area (Å²) in [6.07, 6.45) is 0. The number of benzene rings is 1. The van der Waals surface area contributed by atoms with Crippen LogP contribution in [0.5, 0.6) is 0 Å². The van der Waals surface area contributed by atoms with Gasteiger partial charge in [-0.25, -0.2) is 0 Å². The van der Waals surface area contributed by atoms with Crippen LogP contribution in [0.4, 0.5) is 0 Å². The molecule has 17 heavy (non-hydrogen) atoms. The van der Waals surface area contributed by atoms with Crippen LogP contribution >= 0.6 is 34.2 Å². The van der Waals surface area contributed by atoms with Crippen molar-refractivity contribution in [2.45, 2.75) is 19.9 Å². The monoisotopic (exact) mass is 366 g/mol. The molecule has 0 saturated carbocycles. The lowest BCUT2D eigenvalue weighted by molar-refractivity contribution is 0.0927. The summed E-state index contributed by atoms with van der Waals surface area (Å²) in [5.41, 5.74) is 6.22. The van der Waals surface area contributed by atoms with Crippen molar-refractivity contribution in [3.05, 3.63) is 32.4 Å². The maximum Gasteiger partial charge on any atom is 0.252 e. The van der Waals surface area contributed by atoms with E-state index in [0.29, 0.717) is 23.0 Å². The molecular formula is C12H16ClIN2O. The van der Waals surface area contributed by atoms with Gasteiger partial charge in [0.1, 0.15) is 0 Å². The molecule has 0 aliphatic carbocycles. The Kier molecular flexibility index (Phi) is 5.69. The number of nitrogens with two attached hydrogens (primary N) is 1. The zero-order valence-electron chi connectivity index (χ0n) is 9.84. The van der Waals surface area contributed by atoms with Gasteiger partial charge in [0.15, 0.2) is 0 Å². The second-order valence-corrected chi connectivity index (χ2v) is 5.78. The molecule has 1 unspecified atom stereocenters. The Morgan fingerprint density at radius 3 is 2.71 bits per heavy atom. The van der Waals surface area contributed by atoms with Crippen LogP contribution in [-0.2, 0) is 0 Å². The summed E-state index contributed by atoms with van der Waals surface area (Å²) < 4.78 is 0.879. The van der Waals surface area contributed by atoms with Crippen molar-refractivity contribution in [3.8, 4) is 0 Å². The van der Waals surface area contributed by atoms with Gasteiger partial charge in [-0.1, -0.05) is 25.4 Å². The summed E-state index contributed by atoms with van der Waals surface area (Å²) >= 11 is 8.00. The Balaban J connectivity index is 2.86. The first-order valence-corrected chi connectivity index (χ1v) is 6.87. The molecule has 0 aliphatic heterocycles. The topological polar surface area (TPSA) is 55.1 Å². The molecule has 0 saturated heterocycles. The molecule has 1 rings (SSSR count). The SMILES string of the molecule is CC(C)C(CN)NC(=O)c1cc(Cl)ccc1I. The van der Waals surface area contributed by atoms with Crippen LogP contribution in [0.15, 0.2) is 18.2 Å². The summed E-state index contributed by atoms with van der Waals surface area (Å²) in [6, 6.07) is 5.25. The number of halogens is 2. The van der Waals surface area contributed by atoms with E-state index < -0.39 is 0 Å². The van der Waals surface area contributed by atoms with Crippen molar-refractivity contribution in [3.63, 3.8) is 0 Å². The number of nitrogens with one attached hydrogen (secondary N) is 1. The number of hydrogen-bond donors (Lipinski definition) is 2. The van der Waals surface area contributed by atoms with Gasteiger partial charge in [0.25, 0.3) is 5.91 Å². The van der Waals surface area contributed by atoms with Crippen LogP contribution in [0.25, 0.3) is 0 Å². The summed E-state index contributed by atoms with van der Waals surface area (Å²) in [6.45, 7) is 4.49. The minimum Gasteiger partial charge on any atom is -0.348 e. The van der Waals surface area contributed by atoms with Crippen LogP contribution in [0.2, 0.25) is 5.02 Å². The maximum atomic E-state index is 12.1. The van der Waals surface area contributed by atoms with Gasteiger partial charge < -0.3 is 11.1 Å². The van der Waals surface area contributed by atoms with Crippen molar-refractivity contribution in [1.82, 2.24) is 5.32 Å². The molecule has 0 radical (unpaired) electrons. The van der Waals surface area contributed by atoms with Crippen LogP contribution in [-0.4, -0.2) is 18.5 Å². The first-order chi connectivity index (χ1) is 7.95. The van der Waals surface area contributed by atoms with Crippen LogP contribution in [0, 0.1) is 9.49 Å². The molecule has 0 aliphatic rings. The fourth-order valence-corrected chi connectivity index (χ4v) is 2.17. The van der Waals surface area contributed by atoms with E-state index in [0.717, 1.165) is 3.57 Å². The van der Waals surface area contributed by atoms with Gasteiger partial charge in [0, 0.05) is 21.2 Å². The fraction of sp³-hybridized carbons (Fsp3) is 0.417. The van der Waals surface area contributed by atoms with Gasteiger partial charge in [-0.2, -0.15) is 0 Å². The summed E-state index contributed by atoms with van der Waals surface area (Å²) in [4.78, 5) is 12.1. The molecule has 3 N–H and O–H groups in total. The Hall–Kier alpha value is -0.330. The highest BCUT2D eigenvalue weighted by Crippen LogP contribution is 2.18. The second-order valence-electron chi connectivity index (χ2n) is 4.18. The standard InChI is InChI=1S/C12H16ClIN2O/c1-7(2)11(6-15)16-12(17)9-5-8(13)3-4-10(9)14/h3-5,7,11H,6,15H2,1-2H3,(H,16,17).